The van der Waals surface area contributed by atoms with Gasteiger partial charge in [-0.25, -0.2) is 4.68 Å². The average Bonchev–Trinajstić information content (AvgIpc) is 2.75. The predicted octanol–water partition coefficient (Wildman–Crippen LogP) is 1.78. The normalized spacial score (nSPS) is 11.8. The lowest BCUT2D eigenvalue weighted by molar-refractivity contribution is -0.137. The largest absolute Gasteiger partial charge is 0.418 e. The summed E-state index contributed by atoms with van der Waals surface area (Å²) in [5.74, 6) is 0. The number of alkyl halides is 3. The van der Waals surface area contributed by atoms with Gasteiger partial charge in [-0.1, -0.05) is 17.3 Å². The molecule has 1 aromatic carbocycles. The maximum Gasteiger partial charge on any atom is 0.418 e. The van der Waals surface area contributed by atoms with E-state index < -0.39 is 18.3 Å². The van der Waals surface area contributed by atoms with E-state index in [1.165, 1.54) is 24.4 Å². The molecule has 0 radical (unpaired) electrons. The quantitative estimate of drug-likeness (QED) is 0.874. The van der Waals surface area contributed by atoms with Gasteiger partial charge in [0.2, 0.25) is 0 Å². The molecule has 2 aromatic rings. The third-order valence-corrected chi connectivity index (χ3v) is 2.22. The van der Waals surface area contributed by atoms with Gasteiger partial charge >= 0.3 is 6.18 Å². The van der Waals surface area contributed by atoms with Crippen LogP contribution in [-0.2, 0) is 12.8 Å². The van der Waals surface area contributed by atoms with E-state index >= 15 is 0 Å². The van der Waals surface area contributed by atoms with Gasteiger partial charge in [-0.15, -0.1) is 5.10 Å². The molecule has 0 amide bonds. The summed E-state index contributed by atoms with van der Waals surface area (Å²) in [7, 11) is 0. The zero-order valence-electron chi connectivity index (χ0n) is 8.52. The number of rotatable bonds is 2. The van der Waals surface area contributed by atoms with Crippen molar-refractivity contribution in [2.45, 2.75) is 12.8 Å². The Morgan fingerprint density at radius 1 is 1.24 bits per heavy atom. The Bertz CT molecular complexity index is 522. The molecule has 17 heavy (non-hydrogen) atoms. The van der Waals surface area contributed by atoms with Gasteiger partial charge in [-0.05, 0) is 12.1 Å². The maximum atomic E-state index is 12.8. The Morgan fingerprint density at radius 2 is 1.94 bits per heavy atom. The first-order valence-electron chi connectivity index (χ1n) is 4.71. The Balaban J connectivity index is 2.60. The number of hydrogen-bond acceptors (Lipinski definition) is 3. The van der Waals surface area contributed by atoms with E-state index in [0.717, 1.165) is 10.7 Å². The number of aliphatic hydroxyl groups excluding tert-OH is 1. The highest BCUT2D eigenvalue weighted by molar-refractivity contribution is 5.42. The molecule has 1 N–H and O–H groups in total. The first-order chi connectivity index (χ1) is 8.04. The Hall–Kier alpha value is -1.89. The number of para-hydroxylation sites is 1. The summed E-state index contributed by atoms with van der Waals surface area (Å²) in [4.78, 5) is 0. The summed E-state index contributed by atoms with van der Waals surface area (Å²) in [5.41, 5.74) is -0.775. The summed E-state index contributed by atoms with van der Waals surface area (Å²) in [5, 5.41) is 16.0. The number of halogens is 3. The molecule has 90 valence electrons. The fraction of sp³-hybridized carbons (Fsp3) is 0.200. The van der Waals surface area contributed by atoms with Crippen molar-refractivity contribution in [3.63, 3.8) is 0 Å². The first kappa shape index (κ1) is 11.6. The Morgan fingerprint density at radius 3 is 2.59 bits per heavy atom. The number of hydrogen-bond donors (Lipinski definition) is 1. The van der Waals surface area contributed by atoms with Crippen LogP contribution in [0, 0.1) is 0 Å². The van der Waals surface area contributed by atoms with Crippen molar-refractivity contribution < 1.29 is 18.3 Å². The van der Waals surface area contributed by atoms with E-state index in [0.29, 0.717) is 0 Å². The van der Waals surface area contributed by atoms with Gasteiger partial charge in [0.25, 0.3) is 0 Å². The van der Waals surface area contributed by atoms with E-state index in [9.17, 15) is 13.2 Å². The Kier molecular flexibility index (Phi) is 2.84. The molecular weight excluding hydrogens is 235 g/mol. The van der Waals surface area contributed by atoms with E-state index in [1.807, 2.05) is 0 Å². The molecule has 0 aliphatic carbocycles. The van der Waals surface area contributed by atoms with E-state index in [1.54, 1.807) is 0 Å². The Labute approximate surface area is 94.3 Å². The van der Waals surface area contributed by atoms with Crippen molar-refractivity contribution in [1.29, 1.82) is 0 Å². The second-order valence-corrected chi connectivity index (χ2v) is 3.31. The molecule has 2 rings (SSSR count). The first-order valence-corrected chi connectivity index (χ1v) is 4.71. The lowest BCUT2D eigenvalue weighted by atomic mass is 10.1. The molecule has 0 aliphatic rings. The van der Waals surface area contributed by atoms with Gasteiger partial charge in [-0.2, -0.15) is 13.2 Å². The number of benzene rings is 1. The van der Waals surface area contributed by atoms with E-state index in [4.69, 9.17) is 5.11 Å². The monoisotopic (exact) mass is 243 g/mol. The number of aromatic nitrogens is 3. The van der Waals surface area contributed by atoms with Crippen molar-refractivity contribution in [1.82, 2.24) is 15.0 Å². The molecule has 7 heteroatoms. The molecule has 0 saturated heterocycles. The van der Waals surface area contributed by atoms with Gasteiger partial charge in [-0.3, -0.25) is 0 Å². The minimum Gasteiger partial charge on any atom is -0.390 e. The summed E-state index contributed by atoms with van der Waals surface area (Å²) < 4.78 is 39.2. The highest BCUT2D eigenvalue weighted by atomic mass is 19.4. The SMILES string of the molecule is OCc1cnnn1-c1ccccc1C(F)(F)F. The fourth-order valence-electron chi connectivity index (χ4n) is 1.46. The highest BCUT2D eigenvalue weighted by Crippen LogP contribution is 2.33. The van der Waals surface area contributed by atoms with Gasteiger partial charge in [0.05, 0.1) is 29.7 Å². The van der Waals surface area contributed by atoms with Crippen molar-refractivity contribution in [2.75, 3.05) is 0 Å². The lowest BCUT2D eigenvalue weighted by Gasteiger charge is -2.13. The van der Waals surface area contributed by atoms with Gasteiger partial charge < -0.3 is 5.11 Å². The van der Waals surface area contributed by atoms with Gasteiger partial charge in [0.1, 0.15) is 0 Å². The second kappa shape index (κ2) is 4.17. The van der Waals surface area contributed by atoms with E-state index in [-0.39, 0.29) is 11.4 Å². The third kappa shape index (κ3) is 2.14. The minimum atomic E-state index is -4.48. The minimum absolute atomic E-state index is 0.151. The zero-order valence-corrected chi connectivity index (χ0v) is 8.52. The summed E-state index contributed by atoms with van der Waals surface area (Å²) in [6.07, 6.45) is -3.26. The molecule has 0 bridgehead atoms. The van der Waals surface area contributed by atoms with Crippen LogP contribution in [0.5, 0.6) is 0 Å². The van der Waals surface area contributed by atoms with Crippen molar-refractivity contribution >= 4 is 0 Å². The summed E-state index contributed by atoms with van der Waals surface area (Å²) in [6.45, 7) is -0.431. The standard InChI is InChI=1S/C10H8F3N3O/c11-10(12,13)8-3-1-2-4-9(8)16-7(6-17)5-14-15-16/h1-5,17H,6H2. The molecule has 1 aromatic heterocycles. The van der Waals surface area contributed by atoms with E-state index in [2.05, 4.69) is 10.3 Å². The molecular formula is C10H8F3N3O. The topological polar surface area (TPSA) is 50.9 Å². The van der Waals surface area contributed by atoms with Crippen LogP contribution in [0.4, 0.5) is 13.2 Å². The number of aliphatic hydroxyl groups is 1. The average molecular weight is 243 g/mol. The van der Waals surface area contributed by atoms with Crippen molar-refractivity contribution in [2.24, 2.45) is 0 Å². The van der Waals surface area contributed by atoms with Crippen LogP contribution >= 0.6 is 0 Å². The molecule has 4 nitrogen and oxygen atoms in total. The smallest absolute Gasteiger partial charge is 0.390 e. The second-order valence-electron chi connectivity index (χ2n) is 3.31. The molecule has 0 fully saturated rings. The molecule has 0 aliphatic heterocycles. The maximum absolute atomic E-state index is 12.8. The van der Waals surface area contributed by atoms with Gasteiger partial charge in [0, 0.05) is 0 Å². The van der Waals surface area contributed by atoms with Crippen LogP contribution in [0.1, 0.15) is 11.3 Å². The molecule has 0 atom stereocenters. The van der Waals surface area contributed by atoms with Crippen LogP contribution in [0.15, 0.2) is 30.5 Å². The zero-order chi connectivity index (χ0) is 12.5. The van der Waals surface area contributed by atoms with Crippen LogP contribution in [-0.4, -0.2) is 20.1 Å². The molecule has 0 unspecified atom stereocenters. The van der Waals surface area contributed by atoms with Crippen LogP contribution in [0.3, 0.4) is 0 Å². The molecule has 1 heterocycles. The van der Waals surface area contributed by atoms with Crippen LogP contribution in [0.2, 0.25) is 0 Å². The van der Waals surface area contributed by atoms with Crippen LogP contribution < -0.4 is 0 Å². The molecule has 0 spiro atoms. The summed E-state index contributed by atoms with van der Waals surface area (Å²) >= 11 is 0. The van der Waals surface area contributed by atoms with Crippen molar-refractivity contribution in [3.8, 4) is 5.69 Å². The predicted molar refractivity (Wildman–Crippen MR) is 52.3 cm³/mol. The van der Waals surface area contributed by atoms with Crippen LogP contribution in [0.25, 0.3) is 5.69 Å². The third-order valence-electron chi connectivity index (χ3n) is 2.22. The van der Waals surface area contributed by atoms with Crippen molar-refractivity contribution in [3.05, 3.63) is 41.7 Å². The fourth-order valence-corrected chi connectivity index (χ4v) is 1.46. The summed E-state index contributed by atoms with van der Waals surface area (Å²) in [6, 6.07) is 4.99. The lowest BCUT2D eigenvalue weighted by Crippen LogP contribution is -2.13. The number of nitrogens with zero attached hydrogens (tertiary/aromatic N) is 3. The van der Waals surface area contributed by atoms with Gasteiger partial charge in [0.15, 0.2) is 0 Å². The molecule has 0 saturated carbocycles. The highest BCUT2D eigenvalue weighted by Gasteiger charge is 2.34.